The number of benzene rings is 1. The highest BCUT2D eigenvalue weighted by molar-refractivity contribution is 5.77. The van der Waals surface area contributed by atoms with Gasteiger partial charge in [-0.1, -0.05) is 17.7 Å². The Bertz CT molecular complexity index is 567. The van der Waals surface area contributed by atoms with Gasteiger partial charge in [0.1, 0.15) is 5.75 Å². The van der Waals surface area contributed by atoms with Gasteiger partial charge in [0.15, 0.2) is 6.61 Å². The molecule has 0 aliphatic carbocycles. The van der Waals surface area contributed by atoms with Gasteiger partial charge in [-0.2, -0.15) is 0 Å². The van der Waals surface area contributed by atoms with Crippen molar-refractivity contribution in [3.05, 3.63) is 59.9 Å². The molecule has 0 fully saturated rings. The van der Waals surface area contributed by atoms with Crippen LogP contribution in [0.15, 0.2) is 48.8 Å². The average Bonchev–Trinajstić information content (AvgIpc) is 2.52. The van der Waals surface area contributed by atoms with Gasteiger partial charge in [0.05, 0.1) is 0 Å². The Morgan fingerprint density at radius 3 is 2.43 bits per heavy atom. The van der Waals surface area contributed by atoms with Gasteiger partial charge in [-0.25, -0.2) is 0 Å². The van der Waals surface area contributed by atoms with Crippen molar-refractivity contribution < 1.29 is 9.53 Å². The molecule has 110 valence electrons. The Labute approximate surface area is 125 Å². The summed E-state index contributed by atoms with van der Waals surface area (Å²) in [6.45, 7) is 5.27. The smallest absolute Gasteiger partial charge is 0.260 e. The number of hydrogen-bond donors (Lipinski definition) is 0. The van der Waals surface area contributed by atoms with Crippen molar-refractivity contribution in [3.63, 3.8) is 0 Å². The van der Waals surface area contributed by atoms with Crippen molar-refractivity contribution in [2.45, 2.75) is 20.4 Å². The van der Waals surface area contributed by atoms with Gasteiger partial charge >= 0.3 is 0 Å². The van der Waals surface area contributed by atoms with E-state index in [1.807, 2.05) is 50.2 Å². The molecule has 0 saturated heterocycles. The molecule has 0 unspecified atom stereocenters. The summed E-state index contributed by atoms with van der Waals surface area (Å²) in [6.07, 6.45) is 3.47. The molecule has 0 aliphatic heterocycles. The van der Waals surface area contributed by atoms with Crippen LogP contribution in [0.3, 0.4) is 0 Å². The summed E-state index contributed by atoms with van der Waals surface area (Å²) < 4.78 is 5.54. The Kier molecular flexibility index (Phi) is 5.32. The fourth-order valence-corrected chi connectivity index (χ4v) is 1.96. The molecule has 2 rings (SSSR count). The lowest BCUT2D eigenvalue weighted by Crippen LogP contribution is -2.34. The minimum Gasteiger partial charge on any atom is -0.484 e. The van der Waals surface area contributed by atoms with Crippen LogP contribution in [0.25, 0.3) is 0 Å². The number of pyridine rings is 1. The molecule has 0 spiro atoms. The van der Waals surface area contributed by atoms with E-state index in [0.717, 1.165) is 5.56 Å². The number of likely N-dealkylation sites (N-methyl/N-ethyl adjacent to an activating group) is 1. The summed E-state index contributed by atoms with van der Waals surface area (Å²) in [5, 5.41) is 0. The molecule has 2 aromatic rings. The van der Waals surface area contributed by atoms with Crippen LogP contribution in [0.5, 0.6) is 5.75 Å². The van der Waals surface area contributed by atoms with E-state index in [9.17, 15) is 4.79 Å². The lowest BCUT2D eigenvalue weighted by molar-refractivity contribution is -0.133. The van der Waals surface area contributed by atoms with Crippen LogP contribution >= 0.6 is 0 Å². The van der Waals surface area contributed by atoms with Crippen LogP contribution < -0.4 is 4.74 Å². The first kappa shape index (κ1) is 15.0. The van der Waals surface area contributed by atoms with Crippen LogP contribution in [0.4, 0.5) is 0 Å². The highest BCUT2D eigenvalue weighted by atomic mass is 16.5. The van der Waals surface area contributed by atoms with E-state index < -0.39 is 0 Å². The molecule has 21 heavy (non-hydrogen) atoms. The Morgan fingerprint density at radius 1 is 1.14 bits per heavy atom. The molecular formula is C17H20N2O2. The predicted octanol–water partition coefficient (Wildman–Crippen LogP) is 2.82. The third kappa shape index (κ3) is 4.60. The molecule has 0 bridgehead atoms. The molecule has 1 aromatic carbocycles. The summed E-state index contributed by atoms with van der Waals surface area (Å²) in [6, 6.07) is 11.5. The molecule has 4 nitrogen and oxygen atoms in total. The number of hydrogen-bond acceptors (Lipinski definition) is 3. The van der Waals surface area contributed by atoms with E-state index in [1.54, 1.807) is 17.3 Å². The second kappa shape index (κ2) is 7.43. The van der Waals surface area contributed by atoms with Crippen LogP contribution in [0, 0.1) is 6.92 Å². The normalized spacial score (nSPS) is 10.2. The summed E-state index contributed by atoms with van der Waals surface area (Å²) in [4.78, 5) is 17.9. The van der Waals surface area contributed by atoms with Crippen LogP contribution in [-0.4, -0.2) is 28.9 Å². The lowest BCUT2D eigenvalue weighted by Gasteiger charge is -2.21. The highest BCUT2D eigenvalue weighted by Crippen LogP contribution is 2.12. The quantitative estimate of drug-likeness (QED) is 0.819. The monoisotopic (exact) mass is 284 g/mol. The van der Waals surface area contributed by atoms with Crippen LogP contribution in [0.1, 0.15) is 18.1 Å². The lowest BCUT2D eigenvalue weighted by atomic mass is 10.2. The maximum Gasteiger partial charge on any atom is 0.260 e. The van der Waals surface area contributed by atoms with E-state index in [1.165, 1.54) is 5.56 Å². The molecule has 1 amide bonds. The van der Waals surface area contributed by atoms with E-state index in [4.69, 9.17) is 4.74 Å². The van der Waals surface area contributed by atoms with Gasteiger partial charge in [0.25, 0.3) is 5.91 Å². The highest BCUT2D eigenvalue weighted by Gasteiger charge is 2.12. The molecular weight excluding hydrogens is 264 g/mol. The molecule has 0 saturated carbocycles. The molecule has 0 aliphatic rings. The zero-order valence-corrected chi connectivity index (χ0v) is 12.5. The van der Waals surface area contributed by atoms with Gasteiger partial charge in [0, 0.05) is 25.5 Å². The Balaban J connectivity index is 1.89. The van der Waals surface area contributed by atoms with Gasteiger partial charge in [0.2, 0.25) is 0 Å². The predicted molar refractivity (Wildman–Crippen MR) is 82.0 cm³/mol. The third-order valence-corrected chi connectivity index (χ3v) is 3.24. The molecule has 0 atom stereocenters. The minimum absolute atomic E-state index is 0.0186. The van der Waals surface area contributed by atoms with E-state index >= 15 is 0 Å². The van der Waals surface area contributed by atoms with Crippen molar-refractivity contribution in [2.75, 3.05) is 13.2 Å². The number of rotatable bonds is 6. The van der Waals surface area contributed by atoms with E-state index in [-0.39, 0.29) is 12.5 Å². The summed E-state index contributed by atoms with van der Waals surface area (Å²) in [5.74, 6) is 0.698. The van der Waals surface area contributed by atoms with E-state index in [0.29, 0.717) is 18.8 Å². The first-order valence-corrected chi connectivity index (χ1v) is 7.05. The summed E-state index contributed by atoms with van der Waals surface area (Å²) in [7, 11) is 0. The second-order valence-electron chi connectivity index (χ2n) is 4.87. The first-order chi connectivity index (χ1) is 10.2. The van der Waals surface area contributed by atoms with Gasteiger partial charge in [-0.3, -0.25) is 9.78 Å². The maximum atomic E-state index is 12.2. The van der Waals surface area contributed by atoms with Crippen molar-refractivity contribution in [1.82, 2.24) is 9.88 Å². The van der Waals surface area contributed by atoms with Crippen LogP contribution in [-0.2, 0) is 11.3 Å². The SMILES string of the molecule is CCN(Cc1ccncc1)C(=O)COc1ccc(C)cc1. The average molecular weight is 284 g/mol. The molecule has 4 heteroatoms. The van der Waals surface area contributed by atoms with Crippen molar-refractivity contribution >= 4 is 5.91 Å². The number of aromatic nitrogens is 1. The summed E-state index contributed by atoms with van der Waals surface area (Å²) >= 11 is 0. The summed E-state index contributed by atoms with van der Waals surface area (Å²) in [5.41, 5.74) is 2.23. The fraction of sp³-hybridized carbons (Fsp3) is 0.294. The zero-order valence-electron chi connectivity index (χ0n) is 12.5. The number of amides is 1. The van der Waals surface area contributed by atoms with Crippen molar-refractivity contribution in [2.24, 2.45) is 0 Å². The Hall–Kier alpha value is -2.36. The molecule has 1 aromatic heterocycles. The van der Waals surface area contributed by atoms with Gasteiger partial charge in [-0.15, -0.1) is 0 Å². The maximum absolute atomic E-state index is 12.2. The Morgan fingerprint density at radius 2 is 1.81 bits per heavy atom. The minimum atomic E-state index is -0.0186. The largest absolute Gasteiger partial charge is 0.484 e. The number of aryl methyl sites for hydroxylation is 1. The zero-order chi connectivity index (χ0) is 15.1. The first-order valence-electron chi connectivity index (χ1n) is 7.05. The van der Waals surface area contributed by atoms with Crippen molar-refractivity contribution in [3.8, 4) is 5.75 Å². The number of nitrogens with zero attached hydrogens (tertiary/aromatic N) is 2. The third-order valence-electron chi connectivity index (χ3n) is 3.24. The van der Waals surface area contributed by atoms with Crippen LogP contribution in [0.2, 0.25) is 0 Å². The number of carbonyl (C=O) groups is 1. The van der Waals surface area contributed by atoms with Crippen molar-refractivity contribution in [1.29, 1.82) is 0 Å². The molecule has 0 N–H and O–H groups in total. The number of carbonyl (C=O) groups excluding carboxylic acids is 1. The fourth-order valence-electron chi connectivity index (χ4n) is 1.96. The van der Waals surface area contributed by atoms with E-state index in [2.05, 4.69) is 4.98 Å². The molecule has 0 radical (unpaired) electrons. The second-order valence-corrected chi connectivity index (χ2v) is 4.87. The van der Waals surface area contributed by atoms with Gasteiger partial charge in [-0.05, 0) is 43.7 Å². The topological polar surface area (TPSA) is 42.4 Å². The standard InChI is InChI=1S/C17H20N2O2/c1-3-19(12-15-8-10-18-11-9-15)17(20)13-21-16-6-4-14(2)5-7-16/h4-11H,3,12-13H2,1-2H3. The number of ether oxygens (including phenoxy) is 1. The molecule has 1 heterocycles. The van der Waals surface area contributed by atoms with Gasteiger partial charge < -0.3 is 9.64 Å².